The SMILES string of the molecule is C[C@@H]1CC[C@@H](CCO)N(C)C1. The molecule has 66 valence electrons. The van der Waals surface area contributed by atoms with Gasteiger partial charge in [0.1, 0.15) is 0 Å². The summed E-state index contributed by atoms with van der Waals surface area (Å²) >= 11 is 0. The van der Waals surface area contributed by atoms with Crippen LogP contribution >= 0.6 is 0 Å². The molecule has 0 aliphatic carbocycles. The van der Waals surface area contributed by atoms with E-state index in [1.54, 1.807) is 0 Å². The molecule has 2 atom stereocenters. The van der Waals surface area contributed by atoms with Crippen LogP contribution in [0.3, 0.4) is 0 Å². The third-order valence-corrected chi connectivity index (χ3v) is 2.68. The average molecular weight is 157 g/mol. The molecule has 1 N–H and O–H groups in total. The van der Waals surface area contributed by atoms with E-state index in [1.807, 2.05) is 0 Å². The molecule has 0 bridgehead atoms. The highest BCUT2D eigenvalue weighted by Crippen LogP contribution is 2.21. The van der Waals surface area contributed by atoms with Gasteiger partial charge in [0, 0.05) is 19.2 Å². The Balaban J connectivity index is 2.31. The van der Waals surface area contributed by atoms with Gasteiger partial charge in [-0.25, -0.2) is 0 Å². The van der Waals surface area contributed by atoms with Crippen LogP contribution in [0.5, 0.6) is 0 Å². The summed E-state index contributed by atoms with van der Waals surface area (Å²) < 4.78 is 0. The van der Waals surface area contributed by atoms with E-state index in [1.165, 1.54) is 19.4 Å². The quantitative estimate of drug-likeness (QED) is 0.649. The van der Waals surface area contributed by atoms with Crippen LogP contribution in [0.4, 0.5) is 0 Å². The van der Waals surface area contributed by atoms with Gasteiger partial charge in [0.05, 0.1) is 0 Å². The predicted octanol–water partition coefficient (Wildman–Crippen LogP) is 1.10. The Hall–Kier alpha value is -0.0800. The Bertz CT molecular complexity index is 116. The van der Waals surface area contributed by atoms with Crippen LogP contribution in [0.25, 0.3) is 0 Å². The van der Waals surface area contributed by atoms with Gasteiger partial charge in [-0.15, -0.1) is 0 Å². The molecule has 11 heavy (non-hydrogen) atoms. The van der Waals surface area contributed by atoms with Gasteiger partial charge in [-0.1, -0.05) is 6.92 Å². The molecule has 2 heteroatoms. The molecular weight excluding hydrogens is 138 g/mol. The number of rotatable bonds is 2. The molecule has 1 aliphatic rings. The lowest BCUT2D eigenvalue weighted by Gasteiger charge is -2.35. The molecule has 1 rings (SSSR count). The first-order valence-corrected chi connectivity index (χ1v) is 4.55. The van der Waals surface area contributed by atoms with Crippen LogP contribution in [-0.4, -0.2) is 36.2 Å². The summed E-state index contributed by atoms with van der Waals surface area (Å²) in [5.74, 6) is 0.843. The van der Waals surface area contributed by atoms with Crippen LogP contribution in [0, 0.1) is 5.92 Å². The molecule has 0 saturated carbocycles. The fourth-order valence-electron chi connectivity index (χ4n) is 1.94. The van der Waals surface area contributed by atoms with Gasteiger partial charge in [0.25, 0.3) is 0 Å². The maximum Gasteiger partial charge on any atom is 0.0445 e. The van der Waals surface area contributed by atoms with E-state index >= 15 is 0 Å². The summed E-state index contributed by atoms with van der Waals surface area (Å²) in [5, 5.41) is 8.78. The van der Waals surface area contributed by atoms with Crippen molar-refractivity contribution in [2.75, 3.05) is 20.2 Å². The minimum absolute atomic E-state index is 0.337. The second-order valence-corrected chi connectivity index (χ2v) is 3.79. The highest BCUT2D eigenvalue weighted by Gasteiger charge is 2.21. The molecule has 1 saturated heterocycles. The van der Waals surface area contributed by atoms with Crippen LogP contribution in [-0.2, 0) is 0 Å². The van der Waals surface area contributed by atoms with Gasteiger partial charge in [0.2, 0.25) is 0 Å². The zero-order valence-electron chi connectivity index (χ0n) is 7.58. The van der Waals surface area contributed by atoms with Crippen molar-refractivity contribution in [1.29, 1.82) is 0 Å². The van der Waals surface area contributed by atoms with Gasteiger partial charge in [-0.05, 0) is 32.2 Å². The highest BCUT2D eigenvalue weighted by molar-refractivity contribution is 4.76. The summed E-state index contributed by atoms with van der Waals surface area (Å²) in [6.07, 6.45) is 3.54. The van der Waals surface area contributed by atoms with Crippen molar-refractivity contribution >= 4 is 0 Å². The van der Waals surface area contributed by atoms with Crippen LogP contribution < -0.4 is 0 Å². The van der Waals surface area contributed by atoms with Crippen LogP contribution in [0.2, 0.25) is 0 Å². The van der Waals surface area contributed by atoms with Crippen molar-refractivity contribution in [3.05, 3.63) is 0 Å². The normalized spacial score (nSPS) is 34.1. The first-order chi connectivity index (χ1) is 5.24. The zero-order chi connectivity index (χ0) is 8.27. The third-order valence-electron chi connectivity index (χ3n) is 2.68. The Morgan fingerprint density at radius 1 is 1.45 bits per heavy atom. The molecule has 1 fully saturated rings. The fourth-order valence-corrected chi connectivity index (χ4v) is 1.94. The van der Waals surface area contributed by atoms with E-state index in [9.17, 15) is 0 Å². The molecule has 1 aliphatic heterocycles. The van der Waals surface area contributed by atoms with Crippen LogP contribution in [0.15, 0.2) is 0 Å². The monoisotopic (exact) mass is 157 g/mol. The number of hydrogen-bond donors (Lipinski definition) is 1. The largest absolute Gasteiger partial charge is 0.396 e. The molecule has 0 aromatic heterocycles. The van der Waals surface area contributed by atoms with E-state index in [4.69, 9.17) is 5.11 Å². The van der Waals surface area contributed by atoms with E-state index in [0.29, 0.717) is 12.6 Å². The van der Waals surface area contributed by atoms with E-state index < -0.39 is 0 Å². The Morgan fingerprint density at radius 2 is 2.18 bits per heavy atom. The van der Waals surface area contributed by atoms with Gasteiger partial charge in [-0.3, -0.25) is 0 Å². The smallest absolute Gasteiger partial charge is 0.0445 e. The van der Waals surface area contributed by atoms with Crippen molar-refractivity contribution in [2.24, 2.45) is 5.92 Å². The Labute approximate surface area is 69.2 Å². The molecule has 1 heterocycles. The summed E-state index contributed by atoms with van der Waals surface area (Å²) in [6.45, 7) is 3.83. The average Bonchev–Trinajstić information content (AvgIpc) is 1.95. The number of piperidine rings is 1. The lowest BCUT2D eigenvalue weighted by molar-refractivity contribution is 0.118. The van der Waals surface area contributed by atoms with Gasteiger partial charge in [-0.2, -0.15) is 0 Å². The molecule has 0 radical (unpaired) electrons. The van der Waals surface area contributed by atoms with Gasteiger partial charge < -0.3 is 10.0 Å². The standard InChI is InChI=1S/C9H19NO/c1-8-3-4-9(5-6-11)10(2)7-8/h8-9,11H,3-7H2,1-2H3/t8-,9+/m1/s1. The fraction of sp³-hybridized carbons (Fsp3) is 1.00. The first kappa shape index (κ1) is 9.01. The highest BCUT2D eigenvalue weighted by atomic mass is 16.3. The topological polar surface area (TPSA) is 23.5 Å². The van der Waals surface area contributed by atoms with Crippen molar-refractivity contribution in [3.63, 3.8) is 0 Å². The Morgan fingerprint density at radius 3 is 2.73 bits per heavy atom. The number of likely N-dealkylation sites (tertiary alicyclic amines) is 1. The lowest BCUT2D eigenvalue weighted by Crippen LogP contribution is -2.40. The van der Waals surface area contributed by atoms with E-state index in [-0.39, 0.29) is 0 Å². The van der Waals surface area contributed by atoms with E-state index in [0.717, 1.165) is 12.3 Å². The number of hydrogen-bond acceptors (Lipinski definition) is 2. The lowest BCUT2D eigenvalue weighted by atomic mass is 9.93. The summed E-state index contributed by atoms with van der Waals surface area (Å²) in [7, 11) is 2.16. The minimum atomic E-state index is 0.337. The second-order valence-electron chi connectivity index (χ2n) is 3.79. The maximum atomic E-state index is 8.78. The molecular formula is C9H19NO. The molecule has 0 aromatic rings. The van der Waals surface area contributed by atoms with Crippen molar-refractivity contribution in [2.45, 2.75) is 32.2 Å². The van der Waals surface area contributed by atoms with E-state index in [2.05, 4.69) is 18.9 Å². The molecule has 2 nitrogen and oxygen atoms in total. The number of aliphatic hydroxyl groups is 1. The van der Waals surface area contributed by atoms with Crippen LogP contribution in [0.1, 0.15) is 26.2 Å². The van der Waals surface area contributed by atoms with Gasteiger partial charge >= 0.3 is 0 Å². The van der Waals surface area contributed by atoms with Crippen molar-refractivity contribution in [3.8, 4) is 0 Å². The summed E-state index contributed by atoms with van der Waals surface area (Å²) in [6, 6.07) is 0.635. The Kier molecular flexibility index (Phi) is 3.34. The van der Waals surface area contributed by atoms with Gasteiger partial charge in [0.15, 0.2) is 0 Å². The minimum Gasteiger partial charge on any atom is -0.396 e. The maximum absolute atomic E-state index is 8.78. The predicted molar refractivity (Wildman–Crippen MR) is 46.5 cm³/mol. The summed E-state index contributed by atoms with van der Waals surface area (Å²) in [4.78, 5) is 2.38. The zero-order valence-corrected chi connectivity index (χ0v) is 7.58. The molecule has 0 spiro atoms. The second kappa shape index (κ2) is 4.07. The van der Waals surface area contributed by atoms with Crippen molar-refractivity contribution in [1.82, 2.24) is 4.90 Å². The first-order valence-electron chi connectivity index (χ1n) is 4.55. The molecule has 0 amide bonds. The third kappa shape index (κ3) is 2.46. The number of nitrogens with zero attached hydrogens (tertiary/aromatic N) is 1. The number of aliphatic hydroxyl groups excluding tert-OH is 1. The van der Waals surface area contributed by atoms with Crippen molar-refractivity contribution < 1.29 is 5.11 Å². The molecule has 0 unspecified atom stereocenters. The summed E-state index contributed by atoms with van der Waals surface area (Å²) in [5.41, 5.74) is 0. The molecule has 0 aromatic carbocycles.